The highest BCUT2D eigenvalue weighted by Gasteiger charge is 2.19. The van der Waals surface area contributed by atoms with Gasteiger partial charge in [-0.3, -0.25) is 9.59 Å². The number of aromatic amines is 1. The summed E-state index contributed by atoms with van der Waals surface area (Å²) in [5, 5.41) is 17.3. The fourth-order valence-corrected chi connectivity index (χ4v) is 4.61. The van der Waals surface area contributed by atoms with E-state index in [1.807, 2.05) is 41.3 Å². The van der Waals surface area contributed by atoms with Crippen molar-refractivity contribution < 1.29 is 9.59 Å². The maximum atomic E-state index is 13.0. The van der Waals surface area contributed by atoms with Crippen molar-refractivity contribution in [3.63, 3.8) is 0 Å². The molecule has 1 heterocycles. The molecular weight excluding hydrogens is 484 g/mol. The van der Waals surface area contributed by atoms with E-state index in [1.54, 1.807) is 0 Å². The lowest BCUT2D eigenvalue weighted by atomic mass is 9.98. The first-order valence-electron chi connectivity index (χ1n) is 13.0. The van der Waals surface area contributed by atoms with Gasteiger partial charge in [0.05, 0.1) is 0 Å². The van der Waals surface area contributed by atoms with Gasteiger partial charge in [0.25, 0.3) is 0 Å². The second kappa shape index (κ2) is 14.5. The number of H-pyrrole nitrogens is 1. The zero-order valence-corrected chi connectivity index (χ0v) is 22.9. The van der Waals surface area contributed by atoms with Gasteiger partial charge in [0.1, 0.15) is 0 Å². The van der Waals surface area contributed by atoms with Crippen LogP contribution in [0.2, 0.25) is 0 Å². The van der Waals surface area contributed by atoms with Crippen LogP contribution in [0, 0.1) is 11.8 Å². The summed E-state index contributed by atoms with van der Waals surface area (Å²) in [4.78, 5) is 27.4. The summed E-state index contributed by atoms with van der Waals surface area (Å²) in [6.07, 6.45) is 3.12. The van der Waals surface area contributed by atoms with Crippen molar-refractivity contribution in [3.8, 4) is 22.5 Å². The maximum Gasteiger partial charge on any atom is 0.224 e. The molecule has 0 bridgehead atoms. The van der Waals surface area contributed by atoms with E-state index >= 15 is 0 Å². The van der Waals surface area contributed by atoms with Crippen molar-refractivity contribution in [2.45, 2.75) is 53.0 Å². The molecule has 37 heavy (non-hydrogen) atoms. The van der Waals surface area contributed by atoms with Crippen molar-refractivity contribution in [2.24, 2.45) is 11.8 Å². The minimum absolute atomic E-state index is 0.00892. The van der Waals surface area contributed by atoms with Crippen LogP contribution in [0.3, 0.4) is 0 Å². The number of tetrazole rings is 1. The molecule has 9 heteroatoms. The van der Waals surface area contributed by atoms with E-state index in [1.165, 1.54) is 0 Å². The van der Waals surface area contributed by atoms with Crippen LogP contribution >= 0.6 is 12.6 Å². The standard InChI is InChI=1S/C28H38N6O2S/c1-4-5-10-26(35)34(16-15-29-28(36)23(19-37)17-20(2)3)18-21-11-13-22(14-12-21)24-8-6-7-9-25(24)27-30-32-33-31-27/h6-9,11-14,20,23,37H,4-5,10,15-19H2,1-3H3,(H,29,36)(H,30,31,32,33)/t23-/m0/s1. The zero-order valence-electron chi connectivity index (χ0n) is 22.0. The fraction of sp³-hybridized carbons (Fsp3) is 0.464. The Kier molecular flexibility index (Phi) is 11.1. The Morgan fingerprint density at radius 3 is 2.43 bits per heavy atom. The number of benzene rings is 2. The normalized spacial score (nSPS) is 11.9. The molecule has 1 atom stereocenters. The van der Waals surface area contributed by atoms with Crippen molar-refractivity contribution in [2.75, 3.05) is 18.8 Å². The Labute approximate surface area is 225 Å². The molecule has 1 aromatic heterocycles. The molecule has 3 rings (SSSR count). The van der Waals surface area contributed by atoms with Gasteiger partial charge in [0, 0.05) is 43.3 Å². The second-order valence-electron chi connectivity index (χ2n) is 9.71. The summed E-state index contributed by atoms with van der Waals surface area (Å²) in [5.74, 6) is 1.56. The predicted molar refractivity (Wildman–Crippen MR) is 150 cm³/mol. The van der Waals surface area contributed by atoms with Crippen LogP contribution in [-0.2, 0) is 16.1 Å². The summed E-state index contributed by atoms with van der Waals surface area (Å²) in [5.41, 5.74) is 4.01. The SMILES string of the molecule is CCCCC(=O)N(CCNC(=O)[C@H](CS)CC(C)C)Cc1ccc(-c2ccccc2-c2nnn[nH]2)cc1. The number of thiol groups is 1. The molecule has 0 spiro atoms. The number of carbonyl (C=O) groups is 2. The average molecular weight is 523 g/mol. The number of nitrogens with one attached hydrogen (secondary N) is 2. The number of carbonyl (C=O) groups excluding carboxylic acids is 2. The van der Waals surface area contributed by atoms with Gasteiger partial charge in [0.15, 0.2) is 5.82 Å². The van der Waals surface area contributed by atoms with Crippen LogP contribution in [0.25, 0.3) is 22.5 Å². The van der Waals surface area contributed by atoms with E-state index < -0.39 is 0 Å². The van der Waals surface area contributed by atoms with Gasteiger partial charge >= 0.3 is 0 Å². The summed E-state index contributed by atoms with van der Waals surface area (Å²) in [6, 6.07) is 16.1. The van der Waals surface area contributed by atoms with Crippen LogP contribution in [0.1, 0.15) is 52.0 Å². The Morgan fingerprint density at radius 1 is 1.08 bits per heavy atom. The largest absolute Gasteiger partial charge is 0.354 e. The zero-order chi connectivity index (χ0) is 26.6. The summed E-state index contributed by atoms with van der Waals surface area (Å²) < 4.78 is 0. The van der Waals surface area contributed by atoms with E-state index in [2.05, 4.69) is 71.5 Å². The average Bonchev–Trinajstić information content (AvgIpc) is 3.45. The third-order valence-electron chi connectivity index (χ3n) is 6.29. The molecule has 0 fully saturated rings. The lowest BCUT2D eigenvalue weighted by molar-refractivity contribution is -0.132. The number of unbranched alkanes of at least 4 members (excludes halogenated alkanes) is 1. The molecule has 2 N–H and O–H groups in total. The van der Waals surface area contributed by atoms with Gasteiger partial charge in [-0.1, -0.05) is 75.7 Å². The Bertz CT molecular complexity index is 1120. The van der Waals surface area contributed by atoms with Gasteiger partial charge in [-0.05, 0) is 45.9 Å². The van der Waals surface area contributed by atoms with Crippen molar-refractivity contribution >= 4 is 24.4 Å². The quantitative estimate of drug-likeness (QED) is 0.265. The van der Waals surface area contributed by atoms with Gasteiger partial charge in [0.2, 0.25) is 11.8 Å². The molecule has 0 aliphatic heterocycles. The molecule has 0 saturated heterocycles. The molecular formula is C28H38N6O2S. The number of hydrogen-bond acceptors (Lipinski definition) is 6. The van der Waals surface area contributed by atoms with E-state index in [9.17, 15) is 9.59 Å². The summed E-state index contributed by atoms with van der Waals surface area (Å²) >= 11 is 4.35. The topological polar surface area (TPSA) is 104 Å². The molecule has 8 nitrogen and oxygen atoms in total. The van der Waals surface area contributed by atoms with Crippen LogP contribution in [0.4, 0.5) is 0 Å². The number of amides is 2. The molecule has 0 aliphatic rings. The molecule has 198 valence electrons. The van der Waals surface area contributed by atoms with Crippen LogP contribution < -0.4 is 5.32 Å². The van der Waals surface area contributed by atoms with Gasteiger partial charge in [-0.15, -0.1) is 5.10 Å². The minimum Gasteiger partial charge on any atom is -0.354 e. The lowest BCUT2D eigenvalue weighted by Crippen LogP contribution is -2.40. The van der Waals surface area contributed by atoms with Crippen LogP contribution in [0.5, 0.6) is 0 Å². The highest BCUT2D eigenvalue weighted by Crippen LogP contribution is 2.29. The molecule has 2 amide bonds. The second-order valence-corrected chi connectivity index (χ2v) is 10.1. The number of nitrogens with zero attached hydrogens (tertiary/aromatic N) is 4. The third kappa shape index (κ3) is 8.42. The number of rotatable bonds is 14. The first-order valence-corrected chi connectivity index (χ1v) is 13.6. The lowest BCUT2D eigenvalue weighted by Gasteiger charge is -2.24. The van der Waals surface area contributed by atoms with E-state index in [0.717, 1.165) is 41.5 Å². The summed E-state index contributed by atoms with van der Waals surface area (Å²) in [6.45, 7) is 7.68. The highest BCUT2D eigenvalue weighted by molar-refractivity contribution is 7.80. The Hall–Kier alpha value is -3.20. The minimum atomic E-state index is -0.115. The molecule has 3 aromatic rings. The summed E-state index contributed by atoms with van der Waals surface area (Å²) in [7, 11) is 0. The van der Waals surface area contributed by atoms with Gasteiger partial charge in [-0.25, -0.2) is 5.10 Å². The molecule has 0 aliphatic carbocycles. The predicted octanol–water partition coefficient (Wildman–Crippen LogP) is 4.76. The highest BCUT2D eigenvalue weighted by atomic mass is 32.1. The van der Waals surface area contributed by atoms with Crippen molar-refractivity contribution in [1.29, 1.82) is 0 Å². The fourth-order valence-electron chi connectivity index (χ4n) is 4.29. The first kappa shape index (κ1) is 28.4. The monoisotopic (exact) mass is 522 g/mol. The number of hydrogen-bond donors (Lipinski definition) is 3. The maximum absolute atomic E-state index is 13.0. The first-order chi connectivity index (χ1) is 17.9. The van der Waals surface area contributed by atoms with E-state index in [0.29, 0.717) is 43.6 Å². The van der Waals surface area contributed by atoms with Crippen LogP contribution in [-0.4, -0.2) is 56.2 Å². The van der Waals surface area contributed by atoms with Crippen molar-refractivity contribution in [1.82, 2.24) is 30.8 Å². The Morgan fingerprint density at radius 2 is 1.81 bits per heavy atom. The van der Waals surface area contributed by atoms with E-state index in [-0.39, 0.29) is 17.7 Å². The van der Waals surface area contributed by atoms with Crippen molar-refractivity contribution in [3.05, 3.63) is 54.1 Å². The molecule has 0 unspecified atom stereocenters. The molecule has 0 radical (unpaired) electrons. The smallest absolute Gasteiger partial charge is 0.224 e. The van der Waals surface area contributed by atoms with Gasteiger partial charge < -0.3 is 10.2 Å². The Balaban J connectivity index is 1.68. The number of aromatic nitrogens is 4. The third-order valence-corrected chi connectivity index (χ3v) is 6.73. The van der Waals surface area contributed by atoms with Gasteiger partial charge in [-0.2, -0.15) is 12.6 Å². The molecule has 0 saturated carbocycles. The van der Waals surface area contributed by atoms with Crippen LogP contribution in [0.15, 0.2) is 48.5 Å². The molecule has 2 aromatic carbocycles. The van der Waals surface area contributed by atoms with E-state index in [4.69, 9.17) is 0 Å².